The van der Waals surface area contributed by atoms with Gasteiger partial charge in [-0.05, 0) is 79.6 Å². The van der Waals surface area contributed by atoms with Crippen molar-refractivity contribution >= 4 is 0 Å². The Morgan fingerprint density at radius 1 is 0.909 bits per heavy atom. The van der Waals surface area contributed by atoms with Gasteiger partial charge < -0.3 is 14.6 Å². The molecule has 172 valence electrons. The molecular weight excluding hydrogens is 410 g/mol. The van der Waals surface area contributed by atoms with Crippen LogP contribution in [0, 0.1) is 0 Å². The van der Waals surface area contributed by atoms with Crippen LogP contribution in [0.2, 0.25) is 0 Å². The van der Waals surface area contributed by atoms with Crippen molar-refractivity contribution in [2.24, 2.45) is 0 Å². The fourth-order valence-corrected chi connectivity index (χ4v) is 5.57. The number of fused-ring (bicyclic) bond motifs is 1. The standard InChI is InChI=1S/C29H33NO3/c1-32-27-16-15-25-26(29(27)31)14-13-24(21-7-3-2-4-8-21)28(25)22-9-11-23(12-10-22)33-20-19-30-17-5-6-18-30/h2-4,7-12,15-16,24,28,31H,5-6,13-14,17-20H2,1H3/t24-,28+/m1/s1. The van der Waals surface area contributed by atoms with Crippen LogP contribution in [-0.2, 0) is 6.42 Å². The predicted molar refractivity (Wildman–Crippen MR) is 132 cm³/mol. The average molecular weight is 444 g/mol. The normalized spacial score (nSPS) is 20.4. The number of methoxy groups -OCH3 is 1. The van der Waals surface area contributed by atoms with Crippen LogP contribution in [0.25, 0.3) is 0 Å². The number of hydrogen-bond acceptors (Lipinski definition) is 4. The Bertz CT molecular complexity index is 1060. The van der Waals surface area contributed by atoms with Crippen molar-refractivity contribution in [1.29, 1.82) is 0 Å². The van der Waals surface area contributed by atoms with Gasteiger partial charge in [0.2, 0.25) is 0 Å². The summed E-state index contributed by atoms with van der Waals surface area (Å²) in [6, 6.07) is 23.4. The first kappa shape index (κ1) is 21.8. The fourth-order valence-electron chi connectivity index (χ4n) is 5.57. The molecule has 0 saturated carbocycles. The van der Waals surface area contributed by atoms with Crippen molar-refractivity contribution in [3.8, 4) is 17.2 Å². The van der Waals surface area contributed by atoms with Crippen LogP contribution in [0.4, 0.5) is 0 Å². The highest BCUT2D eigenvalue weighted by molar-refractivity contribution is 5.55. The van der Waals surface area contributed by atoms with Gasteiger partial charge in [0.1, 0.15) is 12.4 Å². The third kappa shape index (κ3) is 4.58. The maximum Gasteiger partial charge on any atom is 0.161 e. The van der Waals surface area contributed by atoms with E-state index < -0.39 is 0 Å². The van der Waals surface area contributed by atoms with Crippen LogP contribution in [0.3, 0.4) is 0 Å². The zero-order valence-corrected chi connectivity index (χ0v) is 19.4. The van der Waals surface area contributed by atoms with Gasteiger partial charge in [0.15, 0.2) is 11.5 Å². The molecule has 3 aromatic carbocycles. The molecule has 5 rings (SSSR count). The maximum absolute atomic E-state index is 10.8. The number of nitrogens with zero attached hydrogens (tertiary/aromatic N) is 1. The Morgan fingerprint density at radius 3 is 2.39 bits per heavy atom. The summed E-state index contributed by atoms with van der Waals surface area (Å²) in [7, 11) is 1.61. The predicted octanol–water partition coefficient (Wildman–Crippen LogP) is 5.74. The SMILES string of the molecule is COc1ccc2c(c1O)CC[C@H](c1ccccc1)[C@@H]2c1ccc(OCCN2CCCC2)cc1. The van der Waals surface area contributed by atoms with Gasteiger partial charge in [-0.15, -0.1) is 0 Å². The van der Waals surface area contributed by atoms with E-state index in [0.717, 1.165) is 37.3 Å². The van der Waals surface area contributed by atoms with Crippen LogP contribution >= 0.6 is 0 Å². The smallest absolute Gasteiger partial charge is 0.161 e. The minimum atomic E-state index is 0.173. The number of hydrogen-bond donors (Lipinski definition) is 1. The molecule has 0 spiro atoms. The summed E-state index contributed by atoms with van der Waals surface area (Å²) in [5, 5.41) is 10.8. The monoisotopic (exact) mass is 443 g/mol. The van der Waals surface area contributed by atoms with E-state index in [1.165, 1.54) is 42.6 Å². The second kappa shape index (κ2) is 9.88. The third-order valence-electron chi connectivity index (χ3n) is 7.29. The van der Waals surface area contributed by atoms with Crippen molar-refractivity contribution in [2.45, 2.75) is 37.5 Å². The Hall–Kier alpha value is -2.98. The Labute approximate surface area is 196 Å². The van der Waals surface area contributed by atoms with Gasteiger partial charge in [0.25, 0.3) is 0 Å². The van der Waals surface area contributed by atoms with Crippen molar-refractivity contribution in [3.05, 3.63) is 89.0 Å². The highest BCUT2D eigenvalue weighted by atomic mass is 16.5. The lowest BCUT2D eigenvalue weighted by molar-refractivity contribution is 0.237. The quantitative estimate of drug-likeness (QED) is 0.506. The van der Waals surface area contributed by atoms with E-state index in [2.05, 4.69) is 65.6 Å². The molecule has 0 unspecified atom stereocenters. The van der Waals surface area contributed by atoms with E-state index in [9.17, 15) is 5.11 Å². The molecule has 33 heavy (non-hydrogen) atoms. The van der Waals surface area contributed by atoms with Gasteiger partial charge >= 0.3 is 0 Å². The molecule has 2 atom stereocenters. The van der Waals surface area contributed by atoms with Crippen LogP contribution in [0.15, 0.2) is 66.7 Å². The molecule has 1 aliphatic heterocycles. The lowest BCUT2D eigenvalue weighted by Crippen LogP contribution is -2.25. The van der Waals surface area contributed by atoms with E-state index in [1.807, 2.05) is 6.07 Å². The Morgan fingerprint density at radius 2 is 1.67 bits per heavy atom. The second-order valence-corrected chi connectivity index (χ2v) is 9.18. The summed E-state index contributed by atoms with van der Waals surface area (Å²) in [5.41, 5.74) is 4.80. The summed E-state index contributed by atoms with van der Waals surface area (Å²) in [6.45, 7) is 4.12. The summed E-state index contributed by atoms with van der Waals surface area (Å²) in [4.78, 5) is 2.47. The molecule has 1 fully saturated rings. The van der Waals surface area contributed by atoms with Crippen molar-refractivity contribution in [2.75, 3.05) is 33.4 Å². The molecule has 0 bridgehead atoms. The fraction of sp³-hybridized carbons (Fsp3) is 0.379. The van der Waals surface area contributed by atoms with Gasteiger partial charge in [-0.2, -0.15) is 0 Å². The lowest BCUT2D eigenvalue weighted by atomic mass is 9.69. The molecule has 1 N–H and O–H groups in total. The molecule has 1 aliphatic carbocycles. The summed E-state index contributed by atoms with van der Waals surface area (Å²) < 4.78 is 11.4. The van der Waals surface area contributed by atoms with Crippen molar-refractivity contribution < 1.29 is 14.6 Å². The largest absolute Gasteiger partial charge is 0.504 e. The molecule has 0 radical (unpaired) electrons. The molecule has 4 heteroatoms. The number of ether oxygens (including phenoxy) is 2. The number of benzene rings is 3. The van der Waals surface area contributed by atoms with Crippen LogP contribution in [0.5, 0.6) is 17.2 Å². The number of aromatic hydroxyl groups is 1. The summed E-state index contributed by atoms with van der Waals surface area (Å²) in [5.74, 6) is 2.28. The molecule has 3 aromatic rings. The average Bonchev–Trinajstić information content (AvgIpc) is 3.38. The van der Waals surface area contributed by atoms with Crippen LogP contribution < -0.4 is 9.47 Å². The molecular formula is C29H33NO3. The molecule has 1 saturated heterocycles. The van der Waals surface area contributed by atoms with Crippen molar-refractivity contribution in [1.82, 2.24) is 4.90 Å². The van der Waals surface area contributed by atoms with Crippen LogP contribution in [-0.4, -0.2) is 43.4 Å². The Kier molecular flexibility index (Phi) is 6.54. The van der Waals surface area contributed by atoms with Gasteiger partial charge in [-0.1, -0.05) is 48.5 Å². The molecule has 0 amide bonds. The summed E-state index contributed by atoms with van der Waals surface area (Å²) in [6.07, 6.45) is 4.44. The van der Waals surface area contributed by atoms with E-state index in [4.69, 9.17) is 9.47 Å². The van der Waals surface area contributed by atoms with E-state index in [0.29, 0.717) is 11.7 Å². The zero-order chi connectivity index (χ0) is 22.6. The maximum atomic E-state index is 10.8. The first-order valence-electron chi connectivity index (χ1n) is 12.1. The van der Waals surface area contributed by atoms with Crippen LogP contribution in [0.1, 0.15) is 53.4 Å². The number of phenols is 1. The van der Waals surface area contributed by atoms with Gasteiger partial charge in [-0.25, -0.2) is 0 Å². The lowest BCUT2D eigenvalue weighted by Gasteiger charge is -2.35. The van der Waals surface area contributed by atoms with Gasteiger partial charge in [-0.3, -0.25) is 4.90 Å². The summed E-state index contributed by atoms with van der Waals surface area (Å²) >= 11 is 0. The highest BCUT2D eigenvalue weighted by Gasteiger charge is 2.34. The van der Waals surface area contributed by atoms with E-state index >= 15 is 0 Å². The Balaban J connectivity index is 1.42. The first-order chi connectivity index (χ1) is 16.2. The minimum Gasteiger partial charge on any atom is -0.504 e. The van der Waals surface area contributed by atoms with Crippen molar-refractivity contribution in [3.63, 3.8) is 0 Å². The highest BCUT2D eigenvalue weighted by Crippen LogP contribution is 2.50. The van der Waals surface area contributed by atoms with E-state index in [1.54, 1.807) is 7.11 Å². The zero-order valence-electron chi connectivity index (χ0n) is 19.4. The van der Waals surface area contributed by atoms with Gasteiger partial charge in [0, 0.05) is 18.0 Å². The molecule has 0 aromatic heterocycles. The third-order valence-corrected chi connectivity index (χ3v) is 7.29. The number of likely N-dealkylation sites (tertiary alicyclic amines) is 1. The second-order valence-electron chi connectivity index (χ2n) is 9.18. The number of rotatable bonds is 7. The molecule has 2 aliphatic rings. The minimum absolute atomic E-state index is 0.173. The topological polar surface area (TPSA) is 41.9 Å². The number of phenolic OH excluding ortho intramolecular Hbond substituents is 1. The van der Waals surface area contributed by atoms with Gasteiger partial charge in [0.05, 0.1) is 7.11 Å². The van der Waals surface area contributed by atoms with E-state index in [-0.39, 0.29) is 11.7 Å². The molecule has 4 nitrogen and oxygen atoms in total. The molecule has 1 heterocycles. The first-order valence-corrected chi connectivity index (χ1v) is 12.1.